The Kier molecular flexibility index (Phi) is 10.5. The number of rotatable bonds is 11. The fourth-order valence-electron chi connectivity index (χ4n) is 8.49. The zero-order valence-corrected chi connectivity index (χ0v) is 31.1. The van der Waals surface area contributed by atoms with Gasteiger partial charge in [0.25, 0.3) is 0 Å². The molecular weight excluding hydrogens is 611 g/mol. The molecular formula is C45H57N5. The van der Waals surface area contributed by atoms with Gasteiger partial charge in [-0.2, -0.15) is 0 Å². The molecule has 0 spiro atoms. The number of fused-ring (bicyclic) bond motifs is 2. The molecule has 1 unspecified atom stereocenters. The summed E-state index contributed by atoms with van der Waals surface area (Å²) >= 11 is 0. The first-order chi connectivity index (χ1) is 24.1. The van der Waals surface area contributed by atoms with E-state index in [-0.39, 0.29) is 16.9 Å². The fraction of sp³-hybridized carbons (Fsp3) is 0.378. The first-order valence-electron chi connectivity index (χ1n) is 18.7. The minimum absolute atomic E-state index is 0.0189. The van der Waals surface area contributed by atoms with E-state index in [4.69, 9.17) is 11.6 Å². The lowest BCUT2D eigenvalue weighted by molar-refractivity contribution is 0.468. The number of allylic oxidation sites excluding steroid dienone is 7. The van der Waals surface area contributed by atoms with Crippen LogP contribution < -0.4 is 21.4 Å². The summed E-state index contributed by atoms with van der Waals surface area (Å²) in [5, 5.41) is 1.80. The van der Waals surface area contributed by atoms with E-state index >= 15 is 0 Å². The lowest BCUT2D eigenvalue weighted by atomic mass is 9.80. The van der Waals surface area contributed by atoms with Gasteiger partial charge in [0.2, 0.25) is 0 Å². The summed E-state index contributed by atoms with van der Waals surface area (Å²) in [6.07, 6.45) is 17.3. The highest BCUT2D eigenvalue weighted by Gasteiger charge is 2.43. The number of nitrogens with two attached hydrogens (primary N) is 2. The van der Waals surface area contributed by atoms with E-state index in [0.717, 1.165) is 56.6 Å². The zero-order chi connectivity index (χ0) is 35.5. The summed E-state index contributed by atoms with van der Waals surface area (Å²) in [5.41, 5.74) is 18.8. The number of benzene rings is 3. The Morgan fingerprint density at radius 3 is 2.20 bits per heavy atom. The molecule has 3 aliphatic rings. The molecule has 6 rings (SSSR count). The number of nitrogens with zero attached hydrogens (tertiary/aromatic N) is 3. The molecule has 0 amide bonds. The Morgan fingerprint density at radius 1 is 0.820 bits per heavy atom. The molecule has 1 aliphatic carbocycles. The van der Waals surface area contributed by atoms with Gasteiger partial charge in [0.1, 0.15) is 0 Å². The second-order valence-corrected chi connectivity index (χ2v) is 15.3. The van der Waals surface area contributed by atoms with Gasteiger partial charge >= 0.3 is 0 Å². The maximum atomic E-state index is 7.05. The van der Waals surface area contributed by atoms with Crippen LogP contribution in [0.2, 0.25) is 0 Å². The summed E-state index contributed by atoms with van der Waals surface area (Å²) in [6, 6.07) is 28.4. The zero-order valence-electron chi connectivity index (χ0n) is 31.1. The standard InChI is InChI=1S/C45H57N5/c1-7-29-48-39-23-14-12-21-37(39)44(3,4)41(48)27-25-34-19-16-20-35(43(34)50(47)32-36(46)31-33-17-10-9-11-18-33)26-28-42-45(5,6)38-22-13-15-24-40(38)49(42)30-8-2/h9-15,17-18,21-28,32,41H,7-8,16,19-20,29-31,46-47H2,1-6H3/b27-25+,35-26+,36-32-,42-28+. The Labute approximate surface area is 301 Å². The molecule has 5 heteroatoms. The Bertz CT molecular complexity index is 1820. The smallest absolute Gasteiger partial charge is 0.0632 e. The molecule has 0 radical (unpaired) electrons. The number of para-hydroxylation sites is 2. The molecule has 50 heavy (non-hydrogen) atoms. The predicted molar refractivity (Wildman–Crippen MR) is 213 cm³/mol. The van der Waals surface area contributed by atoms with Crippen molar-refractivity contribution in [2.45, 2.75) is 96.9 Å². The Hall–Kier alpha value is -4.48. The Morgan fingerprint density at radius 2 is 1.48 bits per heavy atom. The SMILES string of the molecule is CCCN1/C(=C/C=C2\CCCC(/C=C/C3N(CCC)c4ccccc4C3(C)C)=C2N(N)/C=C(\N)Cc2ccccc2)C(C)(C)c2ccccc21. The topological polar surface area (TPSA) is 61.8 Å². The molecule has 5 nitrogen and oxygen atoms in total. The van der Waals surface area contributed by atoms with Crippen LogP contribution in [0.3, 0.4) is 0 Å². The number of anilines is 2. The van der Waals surface area contributed by atoms with Crippen molar-refractivity contribution < 1.29 is 0 Å². The first-order valence-corrected chi connectivity index (χ1v) is 18.7. The molecule has 1 atom stereocenters. The Balaban J connectivity index is 1.42. The van der Waals surface area contributed by atoms with Gasteiger partial charge in [0.15, 0.2) is 0 Å². The third-order valence-corrected chi connectivity index (χ3v) is 10.9. The van der Waals surface area contributed by atoms with E-state index in [1.54, 1.807) is 5.01 Å². The molecule has 262 valence electrons. The highest BCUT2D eigenvalue weighted by Crippen LogP contribution is 2.48. The summed E-state index contributed by atoms with van der Waals surface area (Å²) in [5.74, 6) is 7.05. The van der Waals surface area contributed by atoms with Crippen molar-refractivity contribution in [3.8, 4) is 0 Å². The van der Waals surface area contributed by atoms with E-state index in [2.05, 4.69) is 148 Å². The van der Waals surface area contributed by atoms with Crippen molar-refractivity contribution in [3.05, 3.63) is 154 Å². The molecule has 0 fully saturated rings. The summed E-state index contributed by atoms with van der Waals surface area (Å²) in [4.78, 5) is 5.11. The van der Waals surface area contributed by atoms with Crippen LogP contribution >= 0.6 is 0 Å². The third-order valence-electron chi connectivity index (χ3n) is 10.9. The van der Waals surface area contributed by atoms with Gasteiger partial charge in [-0.3, -0.25) is 5.01 Å². The minimum atomic E-state index is -0.0989. The largest absolute Gasteiger partial charge is 0.401 e. The second kappa shape index (κ2) is 14.8. The second-order valence-electron chi connectivity index (χ2n) is 15.3. The molecule has 0 aromatic heterocycles. The van der Waals surface area contributed by atoms with Gasteiger partial charge < -0.3 is 15.5 Å². The maximum Gasteiger partial charge on any atom is 0.0632 e. The van der Waals surface area contributed by atoms with Gasteiger partial charge in [0, 0.05) is 59.3 Å². The molecule has 2 aliphatic heterocycles. The van der Waals surface area contributed by atoms with Crippen molar-refractivity contribution in [1.29, 1.82) is 0 Å². The van der Waals surface area contributed by atoms with Crippen molar-refractivity contribution in [2.24, 2.45) is 11.6 Å². The summed E-state index contributed by atoms with van der Waals surface area (Å²) < 4.78 is 0. The van der Waals surface area contributed by atoms with Gasteiger partial charge in [-0.15, -0.1) is 0 Å². The van der Waals surface area contributed by atoms with Crippen LogP contribution in [0, 0.1) is 0 Å². The first kappa shape index (κ1) is 35.3. The number of hydrogen-bond acceptors (Lipinski definition) is 5. The van der Waals surface area contributed by atoms with E-state index in [1.165, 1.54) is 44.9 Å². The van der Waals surface area contributed by atoms with Crippen LogP contribution in [0.1, 0.15) is 90.3 Å². The molecule has 0 saturated carbocycles. The average molecular weight is 668 g/mol. The van der Waals surface area contributed by atoms with Crippen molar-refractivity contribution in [2.75, 3.05) is 22.9 Å². The van der Waals surface area contributed by atoms with E-state index < -0.39 is 0 Å². The van der Waals surface area contributed by atoms with E-state index in [0.29, 0.717) is 6.42 Å². The van der Waals surface area contributed by atoms with Crippen LogP contribution in [0.5, 0.6) is 0 Å². The van der Waals surface area contributed by atoms with E-state index in [1.807, 2.05) is 12.3 Å². The quantitative estimate of drug-likeness (QED) is 0.158. The number of hydrogen-bond donors (Lipinski definition) is 2. The van der Waals surface area contributed by atoms with Crippen molar-refractivity contribution >= 4 is 11.4 Å². The van der Waals surface area contributed by atoms with Gasteiger partial charge in [-0.05, 0) is 78.1 Å². The fourth-order valence-corrected chi connectivity index (χ4v) is 8.49. The lowest BCUT2D eigenvalue weighted by Gasteiger charge is -2.33. The lowest BCUT2D eigenvalue weighted by Crippen LogP contribution is -2.40. The van der Waals surface area contributed by atoms with Gasteiger partial charge in [-0.1, -0.05) is 127 Å². The van der Waals surface area contributed by atoms with Crippen LogP contribution in [-0.4, -0.2) is 24.1 Å². The predicted octanol–water partition coefficient (Wildman–Crippen LogP) is 9.79. The molecule has 3 aromatic rings. The highest BCUT2D eigenvalue weighted by molar-refractivity contribution is 5.71. The maximum absolute atomic E-state index is 7.05. The molecule has 0 bridgehead atoms. The molecule has 4 N–H and O–H groups in total. The van der Waals surface area contributed by atoms with Crippen LogP contribution in [0.4, 0.5) is 11.4 Å². The molecule has 0 saturated heterocycles. The highest BCUT2D eigenvalue weighted by atomic mass is 15.4. The van der Waals surface area contributed by atoms with Gasteiger partial charge in [-0.25, -0.2) is 5.84 Å². The number of hydrazine groups is 1. The summed E-state index contributed by atoms with van der Waals surface area (Å²) in [6.45, 7) is 16.0. The van der Waals surface area contributed by atoms with Crippen molar-refractivity contribution in [1.82, 2.24) is 5.01 Å². The van der Waals surface area contributed by atoms with Crippen LogP contribution in [0.25, 0.3) is 0 Å². The summed E-state index contributed by atoms with van der Waals surface area (Å²) in [7, 11) is 0. The normalized spacial score (nSPS) is 21.4. The van der Waals surface area contributed by atoms with Crippen molar-refractivity contribution in [3.63, 3.8) is 0 Å². The van der Waals surface area contributed by atoms with E-state index in [9.17, 15) is 0 Å². The monoisotopic (exact) mass is 667 g/mol. The minimum Gasteiger partial charge on any atom is -0.401 e. The average Bonchev–Trinajstić information content (AvgIpc) is 3.45. The van der Waals surface area contributed by atoms with Crippen LogP contribution in [0.15, 0.2) is 138 Å². The molecule has 3 aromatic carbocycles. The van der Waals surface area contributed by atoms with Crippen LogP contribution in [-0.2, 0) is 17.3 Å². The third kappa shape index (κ3) is 6.81. The van der Waals surface area contributed by atoms with Gasteiger partial charge in [0.05, 0.1) is 11.7 Å². The molecule has 2 heterocycles.